The van der Waals surface area contributed by atoms with E-state index in [-0.39, 0.29) is 12.0 Å². The highest BCUT2D eigenvalue weighted by atomic mass is 35.5. The number of hydrogen-bond donors (Lipinski definition) is 2. The number of aromatic nitrogens is 2. The minimum absolute atomic E-state index is 0.0588. The Morgan fingerprint density at radius 2 is 1.87 bits per heavy atom. The van der Waals surface area contributed by atoms with E-state index >= 15 is 0 Å². The average Bonchev–Trinajstić information content (AvgIpc) is 3.44. The molecule has 0 bridgehead atoms. The lowest BCUT2D eigenvalue weighted by molar-refractivity contribution is 0.210. The number of hydrogen-bond acceptors (Lipinski definition) is 5. The maximum absolute atomic E-state index is 9.87. The van der Waals surface area contributed by atoms with Crippen LogP contribution in [0, 0.1) is 11.3 Å². The van der Waals surface area contributed by atoms with Crippen LogP contribution in [0.2, 0.25) is 5.02 Å². The second kappa shape index (κ2) is 8.01. The molecule has 1 aliphatic carbocycles. The van der Waals surface area contributed by atoms with Crippen LogP contribution in [0.3, 0.4) is 0 Å². The van der Waals surface area contributed by atoms with Gasteiger partial charge in [-0.15, -0.1) is 5.10 Å². The van der Waals surface area contributed by atoms with Gasteiger partial charge in [0.25, 0.3) is 0 Å². The summed E-state index contributed by atoms with van der Waals surface area (Å²) in [7, 11) is 0. The molecule has 1 fully saturated rings. The second-order valence-corrected chi connectivity index (χ2v) is 8.22. The van der Waals surface area contributed by atoms with Crippen LogP contribution >= 0.6 is 11.6 Å². The Morgan fingerprint density at radius 3 is 2.58 bits per heavy atom. The Morgan fingerprint density at radius 1 is 1.13 bits per heavy atom. The van der Waals surface area contributed by atoms with Crippen molar-refractivity contribution in [3.63, 3.8) is 0 Å². The first-order chi connectivity index (χ1) is 15.2. The highest BCUT2D eigenvalue weighted by molar-refractivity contribution is 6.33. The molecule has 1 saturated carbocycles. The van der Waals surface area contributed by atoms with Gasteiger partial charge in [-0.1, -0.05) is 41.9 Å². The number of H-pyrrole nitrogens is 1. The van der Waals surface area contributed by atoms with Gasteiger partial charge in [-0.25, -0.2) is 0 Å². The van der Waals surface area contributed by atoms with Crippen molar-refractivity contribution in [1.82, 2.24) is 10.2 Å². The van der Waals surface area contributed by atoms with Crippen molar-refractivity contribution in [2.75, 3.05) is 0 Å². The molecule has 0 radical (unpaired) electrons. The Labute approximate surface area is 185 Å². The van der Waals surface area contributed by atoms with E-state index in [1.165, 1.54) is 12.8 Å². The van der Waals surface area contributed by atoms with Crippen LogP contribution in [0.25, 0.3) is 11.3 Å². The summed E-state index contributed by atoms with van der Waals surface area (Å²) in [6, 6.07) is 17.5. The summed E-state index contributed by atoms with van der Waals surface area (Å²) >= 11 is 6.45. The van der Waals surface area contributed by atoms with Crippen LogP contribution in [-0.2, 0) is 0 Å². The summed E-state index contributed by atoms with van der Waals surface area (Å²) in [5.41, 5.74) is 9.55. The number of aromatic amines is 1. The molecule has 0 saturated heterocycles. The molecule has 31 heavy (non-hydrogen) atoms. The summed E-state index contributed by atoms with van der Waals surface area (Å²) in [5.74, 6) is 0.808. The molecular formula is C24H21ClN4O2. The monoisotopic (exact) mass is 432 g/mol. The molecule has 3 aromatic rings. The van der Waals surface area contributed by atoms with Gasteiger partial charge in [-0.05, 0) is 49.4 Å². The molecule has 3 N–H and O–H groups in total. The van der Waals surface area contributed by atoms with Crippen LogP contribution in [0.5, 0.6) is 11.6 Å². The predicted octanol–water partition coefficient (Wildman–Crippen LogP) is 5.27. The fourth-order valence-electron chi connectivity index (χ4n) is 4.39. The van der Waals surface area contributed by atoms with Gasteiger partial charge >= 0.3 is 0 Å². The van der Waals surface area contributed by atoms with E-state index in [0.717, 1.165) is 35.3 Å². The van der Waals surface area contributed by atoms with E-state index in [1.807, 2.05) is 48.5 Å². The van der Waals surface area contributed by atoms with Gasteiger partial charge < -0.3 is 15.2 Å². The third-order valence-corrected chi connectivity index (χ3v) is 6.23. The lowest BCUT2D eigenvalue weighted by atomic mass is 9.83. The smallest absolute Gasteiger partial charge is 0.244 e. The Bertz CT molecular complexity index is 1190. The fraction of sp³-hybridized carbons (Fsp3) is 0.250. The first kappa shape index (κ1) is 19.5. The predicted molar refractivity (Wildman–Crippen MR) is 118 cm³/mol. The fourth-order valence-corrected chi connectivity index (χ4v) is 4.62. The van der Waals surface area contributed by atoms with Crippen LogP contribution in [0.1, 0.15) is 42.7 Å². The number of nitrogens with two attached hydrogens (primary N) is 1. The van der Waals surface area contributed by atoms with Crippen molar-refractivity contribution >= 4 is 11.6 Å². The summed E-state index contributed by atoms with van der Waals surface area (Å²) < 4.78 is 11.8. The number of ether oxygens (including phenoxy) is 2. The van der Waals surface area contributed by atoms with Crippen LogP contribution in [0.15, 0.2) is 60.0 Å². The van der Waals surface area contributed by atoms with Crippen molar-refractivity contribution in [2.45, 2.75) is 37.7 Å². The Kier molecular flexibility index (Phi) is 5.05. The lowest BCUT2D eigenvalue weighted by Gasteiger charge is -2.24. The number of allylic oxidation sites excluding steroid dienone is 1. The lowest BCUT2D eigenvalue weighted by Crippen LogP contribution is -2.21. The van der Waals surface area contributed by atoms with Gasteiger partial charge in [0.15, 0.2) is 0 Å². The SMILES string of the molecule is N#CC1=C(N)Oc2n[nH]c(-c3ccccc3Cl)c2[C@@H]1c1ccc(OC2CCCC2)cc1. The summed E-state index contributed by atoms with van der Waals surface area (Å²) in [6.45, 7) is 0. The van der Waals surface area contributed by atoms with Crippen molar-refractivity contribution in [2.24, 2.45) is 5.73 Å². The largest absolute Gasteiger partial charge is 0.490 e. The van der Waals surface area contributed by atoms with Crippen LogP contribution < -0.4 is 15.2 Å². The van der Waals surface area contributed by atoms with Gasteiger partial charge in [0.2, 0.25) is 11.8 Å². The number of fused-ring (bicyclic) bond motifs is 1. The molecule has 0 unspecified atom stereocenters. The number of benzene rings is 2. The van der Waals surface area contributed by atoms with E-state index in [2.05, 4.69) is 16.3 Å². The molecule has 156 valence electrons. The molecule has 0 amide bonds. The van der Waals surface area contributed by atoms with Crippen molar-refractivity contribution in [3.05, 3.63) is 76.1 Å². The maximum Gasteiger partial charge on any atom is 0.244 e. The topological polar surface area (TPSA) is 97.0 Å². The number of rotatable bonds is 4. The van der Waals surface area contributed by atoms with Crippen molar-refractivity contribution in [3.8, 4) is 29.0 Å². The highest BCUT2D eigenvalue weighted by Crippen LogP contribution is 2.46. The second-order valence-electron chi connectivity index (χ2n) is 7.82. The standard InChI is InChI=1S/C24H21ClN4O2/c25-19-8-4-3-7-17(19)22-21-20(18(13-26)23(27)31-24(21)29-28-22)14-9-11-16(12-10-14)30-15-5-1-2-6-15/h3-4,7-12,15,20H,1-2,5-6,27H2,(H,28,29)/t20-/m1/s1. The quantitative estimate of drug-likeness (QED) is 0.585. The Hall–Kier alpha value is -3.43. The first-order valence-corrected chi connectivity index (χ1v) is 10.7. The number of nitriles is 1. The zero-order valence-corrected chi connectivity index (χ0v) is 17.5. The molecule has 2 heterocycles. The van der Waals surface area contributed by atoms with E-state index in [0.29, 0.717) is 22.2 Å². The molecule has 5 rings (SSSR count). The zero-order chi connectivity index (χ0) is 21.4. The third-order valence-electron chi connectivity index (χ3n) is 5.90. The van der Waals surface area contributed by atoms with E-state index in [4.69, 9.17) is 26.8 Å². The molecule has 1 atom stereocenters. The van der Waals surface area contributed by atoms with Gasteiger partial charge in [-0.3, -0.25) is 5.10 Å². The summed E-state index contributed by atoms with van der Waals surface area (Å²) in [5, 5.41) is 17.8. The molecule has 7 heteroatoms. The number of nitrogens with one attached hydrogen (secondary N) is 1. The average molecular weight is 433 g/mol. The minimum atomic E-state index is -0.431. The number of halogens is 1. The molecule has 2 aliphatic rings. The van der Waals surface area contributed by atoms with E-state index in [1.54, 1.807) is 0 Å². The van der Waals surface area contributed by atoms with Crippen molar-refractivity contribution in [1.29, 1.82) is 5.26 Å². The van der Waals surface area contributed by atoms with Crippen LogP contribution in [-0.4, -0.2) is 16.3 Å². The molecule has 0 spiro atoms. The minimum Gasteiger partial charge on any atom is -0.490 e. The molecule has 1 aromatic heterocycles. The maximum atomic E-state index is 9.87. The Balaban J connectivity index is 1.57. The highest BCUT2D eigenvalue weighted by Gasteiger charge is 2.36. The normalized spacial score (nSPS) is 18.4. The van der Waals surface area contributed by atoms with E-state index in [9.17, 15) is 5.26 Å². The molecule has 6 nitrogen and oxygen atoms in total. The van der Waals surface area contributed by atoms with Crippen LogP contribution in [0.4, 0.5) is 0 Å². The first-order valence-electron chi connectivity index (χ1n) is 10.3. The molecule has 2 aromatic carbocycles. The summed E-state index contributed by atoms with van der Waals surface area (Å²) in [6.07, 6.45) is 4.91. The number of nitrogens with zero attached hydrogens (tertiary/aromatic N) is 2. The molecular weight excluding hydrogens is 412 g/mol. The zero-order valence-electron chi connectivity index (χ0n) is 16.8. The van der Waals surface area contributed by atoms with Gasteiger partial charge in [-0.2, -0.15) is 5.26 Å². The van der Waals surface area contributed by atoms with Crippen molar-refractivity contribution < 1.29 is 9.47 Å². The van der Waals surface area contributed by atoms with Gasteiger partial charge in [0, 0.05) is 10.6 Å². The van der Waals surface area contributed by atoms with Gasteiger partial charge in [0.05, 0.1) is 23.3 Å². The van der Waals surface area contributed by atoms with E-state index < -0.39 is 5.92 Å². The summed E-state index contributed by atoms with van der Waals surface area (Å²) in [4.78, 5) is 0. The molecule has 1 aliphatic heterocycles. The van der Waals surface area contributed by atoms with Gasteiger partial charge in [0.1, 0.15) is 17.4 Å². The third kappa shape index (κ3) is 3.51.